The molecule has 0 radical (unpaired) electrons. The molecule has 7 nitrogen and oxygen atoms in total. The van der Waals surface area contributed by atoms with Crippen molar-refractivity contribution in [3.63, 3.8) is 0 Å². The first-order chi connectivity index (χ1) is 9.06. The Kier molecular flexibility index (Phi) is 6.01. The predicted molar refractivity (Wildman–Crippen MR) is 74.5 cm³/mol. The number of nitrogens with zero attached hydrogens (tertiary/aromatic N) is 2. The Labute approximate surface area is 112 Å². The highest BCUT2D eigenvalue weighted by molar-refractivity contribution is 5.54. The third kappa shape index (κ3) is 5.09. The van der Waals surface area contributed by atoms with E-state index in [1.165, 1.54) is 12.1 Å². The Morgan fingerprint density at radius 2 is 2.00 bits per heavy atom. The van der Waals surface area contributed by atoms with Crippen LogP contribution in [0.15, 0.2) is 12.1 Å². The fourth-order valence-electron chi connectivity index (χ4n) is 1.64. The van der Waals surface area contributed by atoms with Gasteiger partial charge in [0, 0.05) is 13.1 Å². The fourth-order valence-corrected chi connectivity index (χ4v) is 1.64. The molecule has 1 aromatic heterocycles. The van der Waals surface area contributed by atoms with Gasteiger partial charge >= 0.3 is 0 Å². The van der Waals surface area contributed by atoms with Crippen molar-refractivity contribution >= 4 is 17.3 Å². The SMILES string of the molecule is CCCC(O)CNc1cc([N+](=O)[O-])cc(NCC)n1. The highest BCUT2D eigenvalue weighted by Gasteiger charge is 2.11. The Morgan fingerprint density at radius 3 is 2.53 bits per heavy atom. The van der Waals surface area contributed by atoms with Crippen LogP contribution in [0.5, 0.6) is 0 Å². The van der Waals surface area contributed by atoms with Gasteiger partial charge in [0.25, 0.3) is 5.69 Å². The minimum absolute atomic E-state index is 0.0292. The number of nitrogens with one attached hydrogen (secondary N) is 2. The van der Waals surface area contributed by atoms with Gasteiger partial charge in [-0.25, -0.2) is 4.98 Å². The molecule has 0 saturated carbocycles. The third-order valence-electron chi connectivity index (χ3n) is 2.52. The quantitative estimate of drug-likeness (QED) is 0.492. The molecular weight excluding hydrogens is 248 g/mol. The molecule has 0 aliphatic carbocycles. The summed E-state index contributed by atoms with van der Waals surface area (Å²) in [5.74, 6) is 0.837. The molecule has 1 heterocycles. The number of rotatable bonds is 8. The van der Waals surface area contributed by atoms with Crippen molar-refractivity contribution in [2.24, 2.45) is 0 Å². The van der Waals surface area contributed by atoms with E-state index in [1.54, 1.807) is 0 Å². The van der Waals surface area contributed by atoms with Crippen molar-refractivity contribution in [3.05, 3.63) is 22.2 Å². The highest BCUT2D eigenvalue weighted by Crippen LogP contribution is 2.20. The molecule has 0 fully saturated rings. The number of anilines is 2. The van der Waals surface area contributed by atoms with E-state index in [0.717, 1.165) is 6.42 Å². The summed E-state index contributed by atoms with van der Waals surface area (Å²) in [4.78, 5) is 14.6. The van der Waals surface area contributed by atoms with Gasteiger partial charge in [-0.15, -0.1) is 0 Å². The van der Waals surface area contributed by atoms with Crippen LogP contribution in [0.1, 0.15) is 26.7 Å². The molecule has 7 heteroatoms. The van der Waals surface area contributed by atoms with Crippen LogP contribution in [-0.2, 0) is 0 Å². The molecule has 106 valence electrons. The van der Waals surface area contributed by atoms with E-state index in [0.29, 0.717) is 31.1 Å². The first-order valence-corrected chi connectivity index (χ1v) is 6.39. The normalized spacial score (nSPS) is 11.9. The van der Waals surface area contributed by atoms with Crippen molar-refractivity contribution in [1.82, 2.24) is 4.98 Å². The molecule has 0 aliphatic rings. The molecule has 19 heavy (non-hydrogen) atoms. The van der Waals surface area contributed by atoms with Crippen LogP contribution in [0.25, 0.3) is 0 Å². The zero-order chi connectivity index (χ0) is 14.3. The van der Waals surface area contributed by atoms with Gasteiger partial charge in [-0.3, -0.25) is 10.1 Å². The summed E-state index contributed by atoms with van der Waals surface area (Å²) in [7, 11) is 0. The number of hydrogen-bond acceptors (Lipinski definition) is 6. The van der Waals surface area contributed by atoms with Crippen molar-refractivity contribution in [2.75, 3.05) is 23.7 Å². The molecule has 1 rings (SSSR count). The number of aromatic nitrogens is 1. The van der Waals surface area contributed by atoms with E-state index >= 15 is 0 Å². The second-order valence-electron chi connectivity index (χ2n) is 4.21. The van der Waals surface area contributed by atoms with E-state index in [2.05, 4.69) is 15.6 Å². The van der Waals surface area contributed by atoms with Crippen molar-refractivity contribution in [1.29, 1.82) is 0 Å². The summed E-state index contributed by atoms with van der Waals surface area (Å²) in [6, 6.07) is 2.75. The van der Waals surface area contributed by atoms with Gasteiger partial charge in [0.05, 0.1) is 23.2 Å². The van der Waals surface area contributed by atoms with Gasteiger partial charge < -0.3 is 15.7 Å². The van der Waals surface area contributed by atoms with Gasteiger partial charge in [0.15, 0.2) is 0 Å². The molecule has 3 N–H and O–H groups in total. The monoisotopic (exact) mass is 268 g/mol. The average Bonchev–Trinajstić information content (AvgIpc) is 2.37. The molecule has 1 unspecified atom stereocenters. The Bertz CT molecular complexity index is 425. The van der Waals surface area contributed by atoms with Crippen molar-refractivity contribution < 1.29 is 10.0 Å². The van der Waals surface area contributed by atoms with E-state index in [9.17, 15) is 15.2 Å². The molecule has 0 aromatic carbocycles. The molecule has 0 bridgehead atoms. The van der Waals surface area contributed by atoms with Gasteiger partial charge in [-0.2, -0.15) is 0 Å². The predicted octanol–water partition coefficient (Wildman–Crippen LogP) is 1.99. The number of aliphatic hydroxyl groups is 1. The maximum atomic E-state index is 10.8. The van der Waals surface area contributed by atoms with E-state index in [-0.39, 0.29) is 5.69 Å². The van der Waals surface area contributed by atoms with E-state index in [4.69, 9.17) is 0 Å². The minimum atomic E-state index is -0.478. The van der Waals surface area contributed by atoms with Crippen LogP contribution in [0.2, 0.25) is 0 Å². The summed E-state index contributed by atoms with van der Waals surface area (Å²) in [5, 5.41) is 26.3. The van der Waals surface area contributed by atoms with Crippen LogP contribution in [0, 0.1) is 10.1 Å². The van der Waals surface area contributed by atoms with Crippen LogP contribution >= 0.6 is 0 Å². The average molecular weight is 268 g/mol. The lowest BCUT2D eigenvalue weighted by atomic mass is 10.2. The molecule has 0 aliphatic heterocycles. The van der Waals surface area contributed by atoms with Crippen LogP contribution in [-0.4, -0.2) is 34.2 Å². The van der Waals surface area contributed by atoms with Crippen LogP contribution in [0.4, 0.5) is 17.3 Å². The number of pyridine rings is 1. The molecule has 0 amide bonds. The van der Waals surface area contributed by atoms with Gasteiger partial charge in [0.1, 0.15) is 11.6 Å². The smallest absolute Gasteiger partial charge is 0.276 e. The summed E-state index contributed by atoms with van der Waals surface area (Å²) < 4.78 is 0. The maximum Gasteiger partial charge on any atom is 0.276 e. The van der Waals surface area contributed by atoms with Crippen LogP contribution < -0.4 is 10.6 Å². The highest BCUT2D eigenvalue weighted by atomic mass is 16.6. The summed E-state index contributed by atoms with van der Waals surface area (Å²) in [6.45, 7) is 4.83. The fraction of sp³-hybridized carbons (Fsp3) is 0.583. The Balaban J connectivity index is 2.78. The van der Waals surface area contributed by atoms with E-state index in [1.807, 2.05) is 13.8 Å². The zero-order valence-electron chi connectivity index (χ0n) is 11.2. The largest absolute Gasteiger partial charge is 0.391 e. The lowest BCUT2D eigenvalue weighted by Crippen LogP contribution is -2.19. The Hall–Kier alpha value is -1.89. The lowest BCUT2D eigenvalue weighted by Gasteiger charge is -2.12. The van der Waals surface area contributed by atoms with Gasteiger partial charge in [0.2, 0.25) is 0 Å². The zero-order valence-corrected chi connectivity index (χ0v) is 11.2. The summed E-state index contributed by atoms with van der Waals surface area (Å²) in [5.41, 5.74) is -0.0292. The number of hydrogen-bond donors (Lipinski definition) is 3. The first-order valence-electron chi connectivity index (χ1n) is 6.39. The van der Waals surface area contributed by atoms with Gasteiger partial charge in [-0.1, -0.05) is 13.3 Å². The second-order valence-corrected chi connectivity index (χ2v) is 4.21. The number of aliphatic hydroxyl groups excluding tert-OH is 1. The van der Waals surface area contributed by atoms with Gasteiger partial charge in [-0.05, 0) is 13.3 Å². The number of nitro groups is 1. The minimum Gasteiger partial charge on any atom is -0.391 e. The van der Waals surface area contributed by atoms with Crippen LogP contribution in [0.3, 0.4) is 0 Å². The third-order valence-corrected chi connectivity index (χ3v) is 2.52. The Morgan fingerprint density at radius 1 is 1.37 bits per heavy atom. The lowest BCUT2D eigenvalue weighted by molar-refractivity contribution is -0.384. The van der Waals surface area contributed by atoms with E-state index < -0.39 is 11.0 Å². The summed E-state index contributed by atoms with van der Waals surface area (Å²) in [6.07, 6.45) is 1.09. The maximum absolute atomic E-state index is 10.8. The molecule has 1 atom stereocenters. The van der Waals surface area contributed by atoms with Crippen molar-refractivity contribution in [3.8, 4) is 0 Å². The topological polar surface area (TPSA) is 100 Å². The second kappa shape index (κ2) is 7.52. The molecule has 1 aromatic rings. The molecule has 0 spiro atoms. The first kappa shape index (κ1) is 15.2. The molecular formula is C12H20N4O3. The summed E-state index contributed by atoms with van der Waals surface area (Å²) >= 11 is 0. The molecule has 0 saturated heterocycles. The van der Waals surface area contributed by atoms with Crippen molar-refractivity contribution in [2.45, 2.75) is 32.8 Å². The standard InChI is InChI=1S/C12H20N4O3/c1-3-5-10(17)8-14-12-7-9(16(18)19)6-11(15-12)13-4-2/h6-7,10,17H,3-5,8H2,1-2H3,(H2,13,14,15).